The number of phenolic OH excluding ortho intramolecular Hbond substituents is 1. The summed E-state index contributed by atoms with van der Waals surface area (Å²) in [4.78, 5) is 9.17. The van der Waals surface area contributed by atoms with E-state index in [-0.39, 0.29) is 10.5 Å². The van der Waals surface area contributed by atoms with Crippen molar-refractivity contribution >= 4 is 15.7 Å². The molecule has 0 bridgehead atoms. The fourth-order valence-corrected chi connectivity index (χ4v) is 1.90. The van der Waals surface area contributed by atoms with E-state index in [9.17, 15) is 23.6 Å². The second-order valence-electron chi connectivity index (χ2n) is 2.91. The molecule has 0 radical (unpaired) electrons. The van der Waals surface area contributed by atoms with E-state index in [1.807, 2.05) is 0 Å². The Labute approximate surface area is 85.3 Å². The summed E-state index contributed by atoms with van der Waals surface area (Å²) in [7, 11) is -4.02. The van der Waals surface area contributed by atoms with Crippen LogP contribution in [0.15, 0.2) is 17.0 Å². The van der Waals surface area contributed by atoms with Gasteiger partial charge >= 0.3 is 5.69 Å². The molecule has 1 rings (SSSR count). The SMILES string of the molecule is Cc1cc(O)c([N+](=O)[O-])cc1S(N)(=O)=O. The number of benzene rings is 1. The van der Waals surface area contributed by atoms with Gasteiger partial charge in [0.25, 0.3) is 0 Å². The number of sulfonamides is 1. The smallest absolute Gasteiger partial charge is 0.312 e. The average Bonchev–Trinajstić information content (AvgIpc) is 2.00. The van der Waals surface area contributed by atoms with E-state index in [1.165, 1.54) is 6.92 Å². The zero-order chi connectivity index (χ0) is 11.8. The first-order chi connectivity index (χ1) is 6.73. The molecule has 0 aliphatic carbocycles. The molecule has 0 amide bonds. The van der Waals surface area contributed by atoms with E-state index in [0.29, 0.717) is 0 Å². The highest BCUT2D eigenvalue weighted by Gasteiger charge is 2.21. The van der Waals surface area contributed by atoms with Gasteiger partial charge in [-0.25, -0.2) is 13.6 Å². The number of nitro groups is 1. The van der Waals surface area contributed by atoms with Gasteiger partial charge in [0.15, 0.2) is 5.75 Å². The molecule has 0 atom stereocenters. The van der Waals surface area contributed by atoms with Crippen molar-refractivity contribution < 1.29 is 18.4 Å². The lowest BCUT2D eigenvalue weighted by Crippen LogP contribution is -2.14. The van der Waals surface area contributed by atoms with E-state index in [1.54, 1.807) is 0 Å². The Morgan fingerprint density at radius 2 is 2.00 bits per heavy atom. The number of nitrogens with zero attached hydrogens (tertiary/aromatic N) is 1. The molecule has 0 aliphatic rings. The second kappa shape index (κ2) is 3.48. The van der Waals surface area contributed by atoms with Gasteiger partial charge < -0.3 is 5.11 Å². The predicted octanol–water partition coefficient (Wildman–Crippen LogP) is 0.256. The lowest BCUT2D eigenvalue weighted by molar-refractivity contribution is -0.386. The number of primary sulfonamides is 1. The van der Waals surface area contributed by atoms with E-state index in [4.69, 9.17) is 5.14 Å². The molecule has 8 heteroatoms. The van der Waals surface area contributed by atoms with Gasteiger partial charge in [-0.15, -0.1) is 0 Å². The third kappa shape index (κ3) is 2.22. The number of nitrogens with two attached hydrogens (primary N) is 1. The molecule has 3 N–H and O–H groups in total. The second-order valence-corrected chi connectivity index (χ2v) is 4.44. The summed E-state index contributed by atoms with van der Waals surface area (Å²) in [6, 6.07) is 1.72. The maximum Gasteiger partial charge on any atom is 0.312 e. The Bertz CT molecular complexity index is 522. The van der Waals surface area contributed by atoms with Crippen LogP contribution < -0.4 is 5.14 Å². The summed E-state index contributed by atoms with van der Waals surface area (Å²) < 4.78 is 22.0. The largest absolute Gasteiger partial charge is 0.502 e. The summed E-state index contributed by atoms with van der Waals surface area (Å²) in [6.07, 6.45) is 0. The van der Waals surface area contributed by atoms with Crippen LogP contribution in [-0.2, 0) is 10.0 Å². The van der Waals surface area contributed by atoms with Gasteiger partial charge in [-0.1, -0.05) is 0 Å². The Morgan fingerprint density at radius 3 is 2.40 bits per heavy atom. The minimum atomic E-state index is -4.02. The fourth-order valence-electron chi connectivity index (χ4n) is 1.11. The van der Waals surface area contributed by atoms with Gasteiger partial charge in [0.2, 0.25) is 10.0 Å². The van der Waals surface area contributed by atoms with E-state index in [0.717, 1.165) is 12.1 Å². The predicted molar refractivity (Wildman–Crippen MR) is 50.9 cm³/mol. The molecular weight excluding hydrogens is 224 g/mol. The third-order valence-corrected chi connectivity index (χ3v) is 2.83. The van der Waals surface area contributed by atoms with Gasteiger partial charge in [-0.3, -0.25) is 10.1 Å². The molecule has 0 saturated carbocycles. The van der Waals surface area contributed by atoms with E-state index < -0.39 is 26.4 Å². The molecule has 0 spiro atoms. The average molecular weight is 232 g/mol. The molecule has 0 unspecified atom stereocenters. The monoisotopic (exact) mass is 232 g/mol. The first-order valence-corrected chi connectivity index (χ1v) is 5.29. The van der Waals surface area contributed by atoms with Gasteiger partial charge in [-0.05, 0) is 18.6 Å². The van der Waals surface area contributed by atoms with Crippen LogP contribution in [0.3, 0.4) is 0 Å². The number of nitro benzene ring substituents is 1. The van der Waals surface area contributed by atoms with Crippen molar-refractivity contribution in [3.8, 4) is 5.75 Å². The lowest BCUT2D eigenvalue weighted by Gasteiger charge is -2.04. The van der Waals surface area contributed by atoms with Crippen LogP contribution in [0.25, 0.3) is 0 Å². The quantitative estimate of drug-likeness (QED) is 0.559. The molecule has 7 nitrogen and oxygen atoms in total. The molecule has 0 aliphatic heterocycles. The van der Waals surface area contributed by atoms with Crippen LogP contribution in [0.4, 0.5) is 5.69 Å². The van der Waals surface area contributed by atoms with Crippen LogP contribution in [0.1, 0.15) is 5.56 Å². The summed E-state index contributed by atoms with van der Waals surface area (Å²) in [5, 5.41) is 24.4. The van der Waals surface area contributed by atoms with Gasteiger partial charge in [0.05, 0.1) is 9.82 Å². The van der Waals surface area contributed by atoms with Crippen molar-refractivity contribution in [1.82, 2.24) is 0 Å². The Hall–Kier alpha value is -1.67. The lowest BCUT2D eigenvalue weighted by atomic mass is 10.2. The van der Waals surface area contributed by atoms with Crippen LogP contribution in [0, 0.1) is 17.0 Å². The zero-order valence-electron chi connectivity index (χ0n) is 7.67. The van der Waals surface area contributed by atoms with E-state index >= 15 is 0 Å². The van der Waals surface area contributed by atoms with Crippen LogP contribution in [0.2, 0.25) is 0 Å². The summed E-state index contributed by atoms with van der Waals surface area (Å²) in [5.74, 6) is -0.593. The number of aryl methyl sites for hydroxylation is 1. The minimum Gasteiger partial charge on any atom is -0.502 e. The summed E-state index contributed by atoms with van der Waals surface area (Å²) in [6.45, 7) is 1.38. The normalized spacial score (nSPS) is 11.3. The summed E-state index contributed by atoms with van der Waals surface area (Å²) >= 11 is 0. The van der Waals surface area contributed by atoms with Crippen LogP contribution >= 0.6 is 0 Å². The number of phenols is 1. The van der Waals surface area contributed by atoms with E-state index in [2.05, 4.69) is 0 Å². The molecule has 15 heavy (non-hydrogen) atoms. The molecule has 82 valence electrons. The maximum absolute atomic E-state index is 11.0. The Kier molecular flexibility index (Phi) is 2.65. The van der Waals surface area contributed by atoms with Crippen LogP contribution in [0.5, 0.6) is 5.75 Å². The zero-order valence-corrected chi connectivity index (χ0v) is 8.48. The topological polar surface area (TPSA) is 124 Å². The number of hydrogen-bond donors (Lipinski definition) is 2. The molecule has 0 saturated heterocycles. The number of hydrogen-bond acceptors (Lipinski definition) is 5. The van der Waals surface area contributed by atoms with Crippen molar-refractivity contribution in [2.75, 3.05) is 0 Å². The maximum atomic E-state index is 11.0. The Morgan fingerprint density at radius 1 is 1.47 bits per heavy atom. The molecule has 0 heterocycles. The standard InChI is InChI=1S/C7H8N2O5S/c1-4-2-6(10)5(9(11)12)3-7(4)15(8,13)14/h2-3,10H,1H3,(H2,8,13,14). The minimum absolute atomic E-state index is 0.153. The highest BCUT2D eigenvalue weighted by Crippen LogP contribution is 2.30. The molecular formula is C7H8N2O5S. The summed E-state index contributed by atoms with van der Waals surface area (Å²) in [5.41, 5.74) is -0.537. The third-order valence-electron chi connectivity index (χ3n) is 1.78. The first kappa shape index (κ1) is 11.4. The van der Waals surface area contributed by atoms with Gasteiger partial charge in [0.1, 0.15) is 0 Å². The van der Waals surface area contributed by atoms with Gasteiger partial charge in [-0.2, -0.15) is 0 Å². The Balaban J connectivity index is 3.58. The van der Waals surface area contributed by atoms with Crippen molar-refractivity contribution in [2.24, 2.45) is 5.14 Å². The van der Waals surface area contributed by atoms with Crippen LogP contribution in [-0.4, -0.2) is 18.4 Å². The van der Waals surface area contributed by atoms with Crippen molar-refractivity contribution in [1.29, 1.82) is 0 Å². The highest BCUT2D eigenvalue weighted by atomic mass is 32.2. The van der Waals surface area contributed by atoms with Crippen molar-refractivity contribution in [3.63, 3.8) is 0 Å². The molecule has 0 aromatic heterocycles. The van der Waals surface area contributed by atoms with Crippen molar-refractivity contribution in [3.05, 3.63) is 27.8 Å². The highest BCUT2D eigenvalue weighted by molar-refractivity contribution is 7.89. The fraction of sp³-hybridized carbons (Fsp3) is 0.143. The number of aromatic hydroxyl groups is 1. The molecule has 0 fully saturated rings. The molecule has 1 aromatic carbocycles. The molecule has 1 aromatic rings. The number of rotatable bonds is 2. The van der Waals surface area contributed by atoms with Crippen molar-refractivity contribution in [2.45, 2.75) is 11.8 Å². The van der Waals surface area contributed by atoms with Gasteiger partial charge in [0, 0.05) is 6.07 Å². The first-order valence-electron chi connectivity index (χ1n) is 3.74.